The number of nitrogens with zero attached hydrogens (tertiary/aromatic N) is 1. The molecule has 1 radical (unpaired) electrons. The molecule has 1 rings (SSSR count). The molecule has 39 valence electrons. The summed E-state index contributed by atoms with van der Waals surface area (Å²) in [6.45, 7) is 0. The van der Waals surface area contributed by atoms with Crippen LogP contribution in [0.1, 0.15) is 0 Å². The van der Waals surface area contributed by atoms with Crippen LogP contribution >= 0.6 is 0 Å². The van der Waals surface area contributed by atoms with E-state index in [-0.39, 0.29) is 32.7 Å². The van der Waals surface area contributed by atoms with E-state index in [4.69, 9.17) is 5.73 Å². The Morgan fingerprint density at radius 1 is 1.62 bits per heavy atom. The molecule has 0 aliphatic rings. The third-order valence-electron chi connectivity index (χ3n) is 0.638. The first-order valence-corrected chi connectivity index (χ1v) is 1.97. The van der Waals surface area contributed by atoms with E-state index < -0.39 is 0 Å². The third-order valence-corrected chi connectivity index (χ3v) is 0.638. The standard InChI is InChI=1S/C5H5N2.Y/c6-5-3-1-2-4-7-5;/h1,3-4H,(H2,6,7);/q-1;. The van der Waals surface area contributed by atoms with Gasteiger partial charge < -0.3 is 5.73 Å². The predicted octanol–water partition coefficient (Wildman–Crippen LogP) is 0.461. The predicted molar refractivity (Wildman–Crippen MR) is 27.5 cm³/mol. The largest absolute Gasteiger partial charge is 0.399 e. The molecule has 1 heterocycles. The summed E-state index contributed by atoms with van der Waals surface area (Å²) in [6.07, 6.45) is 1.54. The van der Waals surface area contributed by atoms with Gasteiger partial charge in [-0.3, -0.25) is 4.98 Å². The molecule has 0 aromatic carbocycles. The SMILES string of the molecule is Nc1cc[c-]cn1.[Y]. The Morgan fingerprint density at radius 3 is 2.62 bits per heavy atom. The van der Waals surface area contributed by atoms with Gasteiger partial charge >= 0.3 is 0 Å². The molecule has 2 N–H and O–H groups in total. The number of hydrogen-bond acceptors (Lipinski definition) is 2. The zero-order chi connectivity index (χ0) is 5.11. The van der Waals surface area contributed by atoms with Gasteiger partial charge in [0, 0.05) is 38.5 Å². The van der Waals surface area contributed by atoms with Crippen LogP contribution in [-0.4, -0.2) is 4.98 Å². The average molecular weight is 182 g/mol. The minimum atomic E-state index is 0. The summed E-state index contributed by atoms with van der Waals surface area (Å²) in [7, 11) is 0. The van der Waals surface area contributed by atoms with Gasteiger partial charge in [-0.15, -0.1) is 0 Å². The van der Waals surface area contributed by atoms with Crippen LogP contribution in [0.25, 0.3) is 0 Å². The number of nitrogens with two attached hydrogens (primary N) is 1. The summed E-state index contributed by atoms with van der Waals surface area (Å²) in [4.78, 5) is 3.70. The molecule has 0 atom stereocenters. The second-order valence-corrected chi connectivity index (χ2v) is 1.18. The fourth-order valence-electron chi connectivity index (χ4n) is 0.331. The monoisotopic (exact) mass is 182 g/mol. The van der Waals surface area contributed by atoms with Gasteiger partial charge in [0.1, 0.15) is 0 Å². The van der Waals surface area contributed by atoms with Gasteiger partial charge in [-0.05, 0) is 0 Å². The van der Waals surface area contributed by atoms with Crippen LogP contribution in [0.4, 0.5) is 5.82 Å². The molecule has 0 unspecified atom stereocenters. The summed E-state index contributed by atoms with van der Waals surface area (Å²) in [6, 6.07) is 6.16. The maximum Gasteiger partial charge on any atom is 0.0381 e. The van der Waals surface area contributed by atoms with Crippen LogP contribution in [0.15, 0.2) is 18.3 Å². The molecule has 1 aromatic rings. The van der Waals surface area contributed by atoms with E-state index in [0.29, 0.717) is 5.82 Å². The Balaban J connectivity index is 0.000000490. The van der Waals surface area contributed by atoms with Crippen molar-refractivity contribution in [2.24, 2.45) is 0 Å². The number of nitrogen functional groups attached to an aromatic ring is 1. The van der Waals surface area contributed by atoms with Crippen molar-refractivity contribution in [3.8, 4) is 0 Å². The number of pyridine rings is 1. The van der Waals surface area contributed by atoms with E-state index in [1.54, 1.807) is 12.1 Å². The van der Waals surface area contributed by atoms with Gasteiger partial charge in [0.05, 0.1) is 0 Å². The molecule has 0 spiro atoms. The fraction of sp³-hybridized carbons (Fsp3) is 0. The minimum absolute atomic E-state index is 0. The van der Waals surface area contributed by atoms with E-state index >= 15 is 0 Å². The van der Waals surface area contributed by atoms with Crippen LogP contribution < -0.4 is 5.73 Å². The molecular weight excluding hydrogens is 177 g/mol. The van der Waals surface area contributed by atoms with E-state index in [0.717, 1.165) is 0 Å². The molecule has 8 heavy (non-hydrogen) atoms. The summed E-state index contributed by atoms with van der Waals surface area (Å²) < 4.78 is 0. The van der Waals surface area contributed by atoms with Crippen LogP contribution in [0, 0.1) is 6.07 Å². The molecular formula is C5H5N2Y-. The molecule has 1 aromatic heterocycles. The van der Waals surface area contributed by atoms with Gasteiger partial charge in [-0.1, -0.05) is 6.20 Å². The Morgan fingerprint density at radius 2 is 2.38 bits per heavy atom. The molecule has 0 saturated carbocycles. The van der Waals surface area contributed by atoms with Crippen molar-refractivity contribution in [1.82, 2.24) is 4.98 Å². The summed E-state index contributed by atoms with van der Waals surface area (Å²) in [5.41, 5.74) is 5.23. The molecule has 0 fully saturated rings. The van der Waals surface area contributed by atoms with Crippen molar-refractivity contribution in [3.05, 3.63) is 24.4 Å². The first kappa shape index (κ1) is 8.05. The summed E-state index contributed by atoms with van der Waals surface area (Å²) >= 11 is 0. The van der Waals surface area contributed by atoms with Crippen molar-refractivity contribution in [1.29, 1.82) is 0 Å². The number of anilines is 1. The Kier molecular flexibility index (Phi) is 4.01. The fourth-order valence-corrected chi connectivity index (χ4v) is 0.331. The van der Waals surface area contributed by atoms with Crippen molar-refractivity contribution in [3.63, 3.8) is 0 Å². The molecule has 0 amide bonds. The first-order valence-electron chi connectivity index (χ1n) is 1.97. The number of hydrogen-bond donors (Lipinski definition) is 1. The number of rotatable bonds is 0. The van der Waals surface area contributed by atoms with Gasteiger partial charge in [0.2, 0.25) is 0 Å². The normalized spacial score (nSPS) is 7.50. The van der Waals surface area contributed by atoms with Gasteiger partial charge in [-0.25, -0.2) is 12.1 Å². The van der Waals surface area contributed by atoms with Gasteiger partial charge in [0.15, 0.2) is 0 Å². The molecule has 2 nitrogen and oxygen atoms in total. The molecule has 0 saturated heterocycles. The maximum absolute atomic E-state index is 5.23. The third kappa shape index (κ3) is 2.38. The zero-order valence-corrected chi connectivity index (χ0v) is 7.17. The molecule has 0 aliphatic heterocycles. The Bertz CT molecular complexity index is 140. The topological polar surface area (TPSA) is 38.9 Å². The first-order chi connectivity index (χ1) is 3.39. The van der Waals surface area contributed by atoms with Crippen molar-refractivity contribution < 1.29 is 32.7 Å². The van der Waals surface area contributed by atoms with Crippen molar-refractivity contribution in [2.75, 3.05) is 5.73 Å². The summed E-state index contributed by atoms with van der Waals surface area (Å²) in [5, 5.41) is 0. The Labute approximate surface area is 73.4 Å². The van der Waals surface area contributed by atoms with Crippen LogP contribution in [-0.2, 0) is 32.7 Å². The second kappa shape index (κ2) is 3.99. The minimum Gasteiger partial charge on any atom is -0.399 e. The van der Waals surface area contributed by atoms with Crippen molar-refractivity contribution >= 4 is 5.82 Å². The average Bonchev–Trinajstić information content (AvgIpc) is 1.69. The molecule has 3 heteroatoms. The van der Waals surface area contributed by atoms with Crippen LogP contribution in [0.3, 0.4) is 0 Å². The second-order valence-electron chi connectivity index (χ2n) is 1.18. The number of aromatic nitrogens is 1. The zero-order valence-electron chi connectivity index (χ0n) is 4.33. The quantitative estimate of drug-likeness (QED) is 0.592. The van der Waals surface area contributed by atoms with Gasteiger partial charge in [0.25, 0.3) is 0 Å². The van der Waals surface area contributed by atoms with E-state index in [2.05, 4.69) is 11.1 Å². The van der Waals surface area contributed by atoms with Gasteiger partial charge in [-0.2, -0.15) is 6.07 Å². The van der Waals surface area contributed by atoms with E-state index in [9.17, 15) is 0 Å². The smallest absolute Gasteiger partial charge is 0.0381 e. The van der Waals surface area contributed by atoms with Crippen LogP contribution in [0.2, 0.25) is 0 Å². The summed E-state index contributed by atoms with van der Waals surface area (Å²) in [5.74, 6) is 0.541. The Hall–Kier alpha value is 0.0539. The van der Waals surface area contributed by atoms with E-state index in [1.165, 1.54) is 6.20 Å². The molecule has 0 bridgehead atoms. The maximum atomic E-state index is 5.23. The molecule has 0 aliphatic carbocycles. The van der Waals surface area contributed by atoms with Crippen molar-refractivity contribution in [2.45, 2.75) is 0 Å². The van der Waals surface area contributed by atoms with Crippen LogP contribution in [0.5, 0.6) is 0 Å². The van der Waals surface area contributed by atoms with E-state index in [1.807, 2.05) is 0 Å².